The molecule has 0 saturated carbocycles. The molecule has 0 bridgehead atoms. The van der Waals surface area contributed by atoms with Crippen molar-refractivity contribution >= 4 is 0 Å². The molecule has 0 saturated heterocycles. The molecule has 1 atom stereocenters. The van der Waals surface area contributed by atoms with E-state index in [1.54, 1.807) is 0 Å². The minimum atomic E-state index is 0.402. The van der Waals surface area contributed by atoms with Gasteiger partial charge in [0.2, 0.25) is 0 Å². The molecule has 1 rings (SSSR count). The molecule has 21 heavy (non-hydrogen) atoms. The van der Waals surface area contributed by atoms with E-state index in [2.05, 4.69) is 31.3 Å². The first-order valence-electron chi connectivity index (χ1n) is 9.07. The Bertz CT molecular complexity index is 345. The van der Waals surface area contributed by atoms with Crippen LogP contribution in [-0.2, 0) is 0 Å². The number of hydrogen-bond donors (Lipinski definition) is 1. The molecule has 0 radical (unpaired) electrons. The Hall–Kier alpha value is -0.760. The molecule has 2 nitrogen and oxygen atoms in total. The lowest BCUT2D eigenvalue weighted by Crippen LogP contribution is -2.21. The van der Waals surface area contributed by atoms with Crippen LogP contribution in [0.1, 0.15) is 95.6 Å². The molecule has 1 unspecified atom stereocenters. The smallest absolute Gasteiger partial charge is 0.121 e. The van der Waals surface area contributed by atoms with E-state index in [1.807, 2.05) is 6.92 Å². The standard InChI is InChI=1S/C19H35NO/c1-4-6-7-8-9-10-11-12-13-18(20-16-5-2)19-15-14-17(3)21-19/h14-15,18,20H,4-13,16H2,1-3H3. The fourth-order valence-corrected chi connectivity index (χ4v) is 2.79. The van der Waals surface area contributed by atoms with Crippen molar-refractivity contribution in [3.63, 3.8) is 0 Å². The molecule has 0 amide bonds. The number of furan rings is 1. The summed E-state index contributed by atoms with van der Waals surface area (Å²) in [6.07, 6.45) is 13.4. The number of unbranched alkanes of at least 4 members (excludes halogenated alkanes) is 7. The molecule has 0 fully saturated rings. The van der Waals surface area contributed by atoms with Crippen LogP contribution in [0.2, 0.25) is 0 Å². The van der Waals surface area contributed by atoms with Crippen LogP contribution in [0.15, 0.2) is 16.5 Å². The summed E-state index contributed by atoms with van der Waals surface area (Å²) in [4.78, 5) is 0. The molecular weight excluding hydrogens is 258 g/mol. The summed E-state index contributed by atoms with van der Waals surface area (Å²) in [5.74, 6) is 2.13. The number of nitrogens with one attached hydrogen (secondary N) is 1. The Morgan fingerprint density at radius 2 is 1.57 bits per heavy atom. The molecule has 0 aliphatic carbocycles. The zero-order valence-electron chi connectivity index (χ0n) is 14.4. The lowest BCUT2D eigenvalue weighted by atomic mass is 10.0. The Balaban J connectivity index is 2.18. The second-order valence-electron chi connectivity index (χ2n) is 6.22. The summed E-state index contributed by atoms with van der Waals surface area (Å²) in [5, 5.41) is 3.62. The van der Waals surface area contributed by atoms with E-state index in [4.69, 9.17) is 4.42 Å². The van der Waals surface area contributed by atoms with Crippen LogP contribution in [0.4, 0.5) is 0 Å². The minimum Gasteiger partial charge on any atom is -0.465 e. The van der Waals surface area contributed by atoms with Gasteiger partial charge in [-0.25, -0.2) is 0 Å². The number of aryl methyl sites for hydroxylation is 1. The summed E-state index contributed by atoms with van der Waals surface area (Å²) >= 11 is 0. The predicted molar refractivity (Wildman–Crippen MR) is 91.7 cm³/mol. The van der Waals surface area contributed by atoms with Gasteiger partial charge in [0.05, 0.1) is 6.04 Å². The first-order chi connectivity index (χ1) is 10.3. The van der Waals surface area contributed by atoms with E-state index < -0.39 is 0 Å². The highest BCUT2D eigenvalue weighted by Gasteiger charge is 2.13. The van der Waals surface area contributed by atoms with Crippen molar-refractivity contribution in [1.29, 1.82) is 0 Å². The zero-order chi connectivity index (χ0) is 15.3. The third kappa shape index (κ3) is 8.31. The lowest BCUT2D eigenvalue weighted by Gasteiger charge is -2.16. The second kappa shape index (κ2) is 11.9. The Morgan fingerprint density at radius 3 is 2.14 bits per heavy atom. The maximum absolute atomic E-state index is 5.80. The fourth-order valence-electron chi connectivity index (χ4n) is 2.79. The van der Waals surface area contributed by atoms with Gasteiger partial charge < -0.3 is 9.73 Å². The van der Waals surface area contributed by atoms with Crippen LogP contribution >= 0.6 is 0 Å². The van der Waals surface area contributed by atoms with Crippen molar-refractivity contribution < 1.29 is 4.42 Å². The lowest BCUT2D eigenvalue weighted by molar-refractivity contribution is 0.375. The van der Waals surface area contributed by atoms with Gasteiger partial charge in [0, 0.05) is 0 Å². The second-order valence-corrected chi connectivity index (χ2v) is 6.22. The molecule has 1 aromatic heterocycles. The van der Waals surface area contributed by atoms with Gasteiger partial charge in [0.25, 0.3) is 0 Å². The van der Waals surface area contributed by atoms with E-state index in [1.165, 1.54) is 64.2 Å². The van der Waals surface area contributed by atoms with E-state index >= 15 is 0 Å². The fraction of sp³-hybridized carbons (Fsp3) is 0.789. The van der Waals surface area contributed by atoms with Crippen LogP contribution < -0.4 is 5.32 Å². The highest BCUT2D eigenvalue weighted by atomic mass is 16.3. The van der Waals surface area contributed by atoms with Gasteiger partial charge in [-0.2, -0.15) is 0 Å². The maximum atomic E-state index is 5.80. The Labute approximate surface area is 131 Å². The average Bonchev–Trinajstić information content (AvgIpc) is 2.91. The molecule has 2 heteroatoms. The minimum absolute atomic E-state index is 0.402. The van der Waals surface area contributed by atoms with Gasteiger partial charge >= 0.3 is 0 Å². The number of hydrogen-bond acceptors (Lipinski definition) is 2. The summed E-state index contributed by atoms with van der Waals surface area (Å²) in [5.41, 5.74) is 0. The maximum Gasteiger partial charge on any atom is 0.121 e. The SMILES string of the molecule is CCCCCCCCCCC(NCCC)c1ccc(C)o1. The molecule has 122 valence electrons. The molecular formula is C19H35NO. The van der Waals surface area contributed by atoms with Gasteiger partial charge in [-0.3, -0.25) is 0 Å². The monoisotopic (exact) mass is 293 g/mol. The molecule has 0 spiro atoms. The average molecular weight is 293 g/mol. The van der Waals surface area contributed by atoms with E-state index in [0.29, 0.717) is 6.04 Å². The van der Waals surface area contributed by atoms with E-state index in [9.17, 15) is 0 Å². The van der Waals surface area contributed by atoms with Gasteiger partial charge in [-0.15, -0.1) is 0 Å². The molecule has 1 N–H and O–H groups in total. The quantitative estimate of drug-likeness (QED) is 0.441. The van der Waals surface area contributed by atoms with E-state index in [0.717, 1.165) is 18.1 Å². The first kappa shape index (κ1) is 18.3. The van der Waals surface area contributed by atoms with Crippen LogP contribution in [-0.4, -0.2) is 6.54 Å². The van der Waals surface area contributed by atoms with Gasteiger partial charge in [0.1, 0.15) is 11.5 Å². The van der Waals surface area contributed by atoms with Crippen LogP contribution in [0.5, 0.6) is 0 Å². The largest absolute Gasteiger partial charge is 0.465 e. The van der Waals surface area contributed by atoms with Crippen molar-refractivity contribution in [1.82, 2.24) is 5.32 Å². The normalized spacial score (nSPS) is 12.7. The first-order valence-corrected chi connectivity index (χ1v) is 9.07. The van der Waals surface area contributed by atoms with Crippen molar-refractivity contribution in [2.24, 2.45) is 0 Å². The Morgan fingerprint density at radius 1 is 0.905 bits per heavy atom. The molecule has 0 aliphatic rings. The molecule has 0 aromatic carbocycles. The van der Waals surface area contributed by atoms with Crippen molar-refractivity contribution in [2.45, 2.75) is 91.0 Å². The van der Waals surface area contributed by atoms with Crippen LogP contribution in [0.25, 0.3) is 0 Å². The van der Waals surface area contributed by atoms with Crippen molar-refractivity contribution in [3.8, 4) is 0 Å². The third-order valence-corrected chi connectivity index (χ3v) is 4.09. The molecule has 1 aromatic rings. The summed E-state index contributed by atoms with van der Waals surface area (Å²) < 4.78 is 5.80. The van der Waals surface area contributed by atoms with Gasteiger partial charge in [-0.05, 0) is 38.4 Å². The summed E-state index contributed by atoms with van der Waals surface area (Å²) in [6, 6.07) is 4.61. The molecule has 0 aliphatic heterocycles. The van der Waals surface area contributed by atoms with Gasteiger partial charge in [0.15, 0.2) is 0 Å². The highest BCUT2D eigenvalue weighted by molar-refractivity contribution is 5.09. The summed E-state index contributed by atoms with van der Waals surface area (Å²) in [7, 11) is 0. The Kier molecular flexibility index (Phi) is 10.3. The third-order valence-electron chi connectivity index (χ3n) is 4.09. The van der Waals surface area contributed by atoms with E-state index in [-0.39, 0.29) is 0 Å². The zero-order valence-corrected chi connectivity index (χ0v) is 14.4. The van der Waals surface area contributed by atoms with Crippen LogP contribution in [0, 0.1) is 6.92 Å². The van der Waals surface area contributed by atoms with Crippen molar-refractivity contribution in [3.05, 3.63) is 23.7 Å². The highest BCUT2D eigenvalue weighted by Crippen LogP contribution is 2.22. The van der Waals surface area contributed by atoms with Crippen LogP contribution in [0.3, 0.4) is 0 Å². The van der Waals surface area contributed by atoms with Crippen molar-refractivity contribution in [2.75, 3.05) is 6.54 Å². The topological polar surface area (TPSA) is 25.2 Å². The van der Waals surface area contributed by atoms with Gasteiger partial charge in [-0.1, -0.05) is 65.2 Å². The number of rotatable bonds is 13. The predicted octanol–water partition coefficient (Wildman–Crippen LogP) is 6.16. The molecule has 1 heterocycles. The summed E-state index contributed by atoms with van der Waals surface area (Å²) in [6.45, 7) is 7.59.